The summed E-state index contributed by atoms with van der Waals surface area (Å²) in [7, 11) is 1.25. The molecule has 0 aliphatic heterocycles. The first-order chi connectivity index (χ1) is 14.0. The van der Waals surface area contributed by atoms with Crippen LogP contribution in [0.25, 0.3) is 0 Å². The Kier molecular flexibility index (Phi) is 5.58. The van der Waals surface area contributed by atoms with Gasteiger partial charge in [-0.05, 0) is 29.8 Å². The van der Waals surface area contributed by atoms with Crippen LogP contribution in [0.1, 0.15) is 11.3 Å². The zero-order valence-electron chi connectivity index (χ0n) is 15.1. The van der Waals surface area contributed by atoms with Crippen molar-refractivity contribution in [3.63, 3.8) is 0 Å². The summed E-state index contributed by atoms with van der Waals surface area (Å²) in [5.41, 5.74) is -2.55. The zero-order valence-corrected chi connectivity index (χ0v) is 15.1. The smallest absolute Gasteiger partial charge is 0.433 e. The van der Waals surface area contributed by atoms with Crippen molar-refractivity contribution in [3.8, 4) is 17.4 Å². The first-order valence-electron chi connectivity index (χ1n) is 8.17. The molecule has 158 valence electrons. The van der Waals surface area contributed by atoms with Crippen LogP contribution in [0.15, 0.2) is 46.1 Å². The van der Waals surface area contributed by atoms with Crippen LogP contribution >= 0.6 is 0 Å². The molecule has 0 spiro atoms. The molecule has 0 saturated heterocycles. The van der Waals surface area contributed by atoms with Crippen molar-refractivity contribution in [2.75, 3.05) is 0 Å². The van der Waals surface area contributed by atoms with Crippen molar-refractivity contribution in [2.24, 2.45) is 7.05 Å². The van der Waals surface area contributed by atoms with E-state index in [1.165, 1.54) is 7.05 Å². The number of nitrogens with one attached hydrogen (secondary N) is 1. The van der Waals surface area contributed by atoms with Gasteiger partial charge in [0.25, 0.3) is 5.56 Å². The molecule has 0 unspecified atom stereocenters. The standard InChI is InChI=1S/C18H12F5N3O4/c1-26-15(27)6-14(25-17(26)28)29-8-9-4-11(19)16(12(20)5-9)30-10-2-3-13(24-7-10)18(21,22)23/h2-7H,8H2,1H3,(H,25,28). The topological polar surface area (TPSA) is 86.2 Å². The molecule has 30 heavy (non-hydrogen) atoms. The van der Waals surface area contributed by atoms with Gasteiger partial charge in [0.15, 0.2) is 17.4 Å². The Labute approximate surface area is 164 Å². The van der Waals surface area contributed by atoms with Crippen LogP contribution in [0, 0.1) is 11.6 Å². The number of aromatic amines is 1. The Bertz CT molecular complexity index is 1130. The van der Waals surface area contributed by atoms with E-state index in [4.69, 9.17) is 9.47 Å². The lowest BCUT2D eigenvalue weighted by Gasteiger charge is -2.11. The average Bonchev–Trinajstić information content (AvgIpc) is 2.67. The highest BCUT2D eigenvalue weighted by molar-refractivity contribution is 5.35. The normalized spacial score (nSPS) is 11.4. The molecular weight excluding hydrogens is 417 g/mol. The maximum atomic E-state index is 14.2. The van der Waals surface area contributed by atoms with Gasteiger partial charge in [0.2, 0.25) is 5.88 Å². The zero-order chi connectivity index (χ0) is 22.1. The number of alkyl halides is 3. The number of rotatable bonds is 5. The predicted molar refractivity (Wildman–Crippen MR) is 92.3 cm³/mol. The summed E-state index contributed by atoms with van der Waals surface area (Å²) < 4.78 is 76.9. The number of hydrogen-bond donors (Lipinski definition) is 1. The summed E-state index contributed by atoms with van der Waals surface area (Å²) in [5, 5.41) is 0. The fourth-order valence-corrected chi connectivity index (χ4v) is 2.29. The lowest BCUT2D eigenvalue weighted by atomic mass is 10.2. The third-order valence-electron chi connectivity index (χ3n) is 3.82. The van der Waals surface area contributed by atoms with Gasteiger partial charge in [-0.15, -0.1) is 0 Å². The minimum atomic E-state index is -4.66. The summed E-state index contributed by atoms with van der Waals surface area (Å²) in [4.78, 5) is 28.4. The summed E-state index contributed by atoms with van der Waals surface area (Å²) in [6.07, 6.45) is -3.98. The molecule has 3 aromatic rings. The first kappa shape index (κ1) is 21.0. The van der Waals surface area contributed by atoms with Gasteiger partial charge in [0, 0.05) is 7.05 Å². The molecule has 0 bridgehead atoms. The molecule has 0 radical (unpaired) electrons. The molecule has 2 aromatic heterocycles. The fraction of sp³-hybridized carbons (Fsp3) is 0.167. The third kappa shape index (κ3) is 4.64. The van der Waals surface area contributed by atoms with E-state index in [0.29, 0.717) is 12.3 Å². The van der Waals surface area contributed by atoms with E-state index in [0.717, 1.165) is 28.8 Å². The maximum Gasteiger partial charge on any atom is 0.433 e. The Morgan fingerprint density at radius 2 is 1.77 bits per heavy atom. The number of hydrogen-bond acceptors (Lipinski definition) is 5. The number of halogens is 5. The van der Waals surface area contributed by atoms with Crippen LogP contribution in [-0.4, -0.2) is 14.5 Å². The molecule has 7 nitrogen and oxygen atoms in total. The van der Waals surface area contributed by atoms with E-state index in [2.05, 4.69) is 9.97 Å². The van der Waals surface area contributed by atoms with Crippen molar-refractivity contribution in [1.29, 1.82) is 0 Å². The average molecular weight is 429 g/mol. The highest BCUT2D eigenvalue weighted by atomic mass is 19.4. The Balaban J connectivity index is 1.75. The van der Waals surface area contributed by atoms with Crippen LogP contribution < -0.4 is 20.7 Å². The monoisotopic (exact) mass is 429 g/mol. The summed E-state index contributed by atoms with van der Waals surface area (Å²) in [6, 6.07) is 4.21. The molecule has 1 aromatic carbocycles. The van der Waals surface area contributed by atoms with Gasteiger partial charge in [-0.2, -0.15) is 13.2 Å². The molecule has 1 N–H and O–H groups in total. The lowest BCUT2D eigenvalue weighted by molar-refractivity contribution is -0.141. The van der Waals surface area contributed by atoms with E-state index in [-0.39, 0.29) is 23.8 Å². The van der Waals surface area contributed by atoms with Crippen molar-refractivity contribution in [2.45, 2.75) is 12.8 Å². The molecule has 0 aliphatic rings. The van der Waals surface area contributed by atoms with Crippen molar-refractivity contribution in [1.82, 2.24) is 14.5 Å². The molecule has 2 heterocycles. The fourth-order valence-electron chi connectivity index (χ4n) is 2.29. The van der Waals surface area contributed by atoms with Gasteiger partial charge in [-0.3, -0.25) is 14.3 Å². The molecule has 0 amide bonds. The third-order valence-corrected chi connectivity index (χ3v) is 3.82. The number of benzene rings is 1. The van der Waals surface area contributed by atoms with Crippen LogP contribution in [0.4, 0.5) is 22.0 Å². The van der Waals surface area contributed by atoms with Gasteiger partial charge < -0.3 is 9.47 Å². The second-order valence-electron chi connectivity index (χ2n) is 5.99. The first-order valence-corrected chi connectivity index (χ1v) is 8.17. The number of aromatic nitrogens is 3. The largest absolute Gasteiger partial charge is 0.474 e. The van der Waals surface area contributed by atoms with E-state index >= 15 is 0 Å². The van der Waals surface area contributed by atoms with Crippen molar-refractivity contribution < 1.29 is 31.4 Å². The minimum absolute atomic E-state index is 0.00409. The molecule has 0 atom stereocenters. The quantitative estimate of drug-likeness (QED) is 0.630. The Hall–Kier alpha value is -3.70. The number of nitrogens with zero attached hydrogens (tertiary/aromatic N) is 2. The van der Waals surface area contributed by atoms with Crippen LogP contribution in [0.3, 0.4) is 0 Å². The number of H-pyrrole nitrogens is 1. The van der Waals surface area contributed by atoms with Gasteiger partial charge in [-0.1, -0.05) is 0 Å². The second-order valence-corrected chi connectivity index (χ2v) is 5.99. The molecular formula is C18H12F5N3O4. The van der Waals surface area contributed by atoms with Gasteiger partial charge in [0.05, 0.1) is 12.3 Å². The van der Waals surface area contributed by atoms with Crippen LogP contribution in [-0.2, 0) is 19.8 Å². The SMILES string of the molecule is Cn1c(=O)cc(OCc2cc(F)c(Oc3ccc(C(F)(F)F)nc3)c(F)c2)[nH]c1=O. The molecule has 12 heteroatoms. The highest BCUT2D eigenvalue weighted by Crippen LogP contribution is 2.31. The Morgan fingerprint density at radius 3 is 2.30 bits per heavy atom. The number of ether oxygens (including phenoxy) is 2. The highest BCUT2D eigenvalue weighted by Gasteiger charge is 2.32. The van der Waals surface area contributed by atoms with Gasteiger partial charge in [0.1, 0.15) is 18.1 Å². The van der Waals surface area contributed by atoms with Gasteiger partial charge >= 0.3 is 11.9 Å². The maximum absolute atomic E-state index is 14.2. The second kappa shape index (κ2) is 7.97. The van der Waals surface area contributed by atoms with Crippen LogP contribution in [0.2, 0.25) is 0 Å². The summed E-state index contributed by atoms with van der Waals surface area (Å²) in [5.74, 6) is -3.64. The summed E-state index contributed by atoms with van der Waals surface area (Å²) in [6.45, 7) is -0.390. The van der Waals surface area contributed by atoms with Crippen molar-refractivity contribution >= 4 is 0 Å². The Morgan fingerprint density at radius 1 is 1.10 bits per heavy atom. The lowest BCUT2D eigenvalue weighted by Crippen LogP contribution is -2.31. The van der Waals surface area contributed by atoms with E-state index in [1.54, 1.807) is 0 Å². The predicted octanol–water partition coefficient (Wildman–Crippen LogP) is 3.14. The molecule has 0 fully saturated rings. The van der Waals surface area contributed by atoms with Crippen LogP contribution in [0.5, 0.6) is 17.4 Å². The number of pyridine rings is 1. The van der Waals surface area contributed by atoms with E-state index in [1.807, 2.05) is 0 Å². The summed E-state index contributed by atoms with van der Waals surface area (Å²) >= 11 is 0. The molecule has 0 saturated carbocycles. The van der Waals surface area contributed by atoms with E-state index < -0.39 is 40.5 Å². The molecule has 0 aliphatic carbocycles. The molecule has 3 rings (SSSR count). The van der Waals surface area contributed by atoms with E-state index in [9.17, 15) is 31.5 Å². The minimum Gasteiger partial charge on any atom is -0.474 e. The van der Waals surface area contributed by atoms with Gasteiger partial charge in [-0.25, -0.2) is 18.6 Å². The van der Waals surface area contributed by atoms with Crippen molar-refractivity contribution in [3.05, 3.63) is 80.3 Å².